The van der Waals surface area contributed by atoms with Crippen molar-refractivity contribution in [2.75, 3.05) is 19.8 Å². The van der Waals surface area contributed by atoms with Crippen LogP contribution in [0.1, 0.15) is 44.9 Å². The fourth-order valence-electron chi connectivity index (χ4n) is 2.98. The predicted molar refractivity (Wildman–Crippen MR) is 69.8 cm³/mol. The Morgan fingerprint density at radius 1 is 1.00 bits per heavy atom. The van der Waals surface area contributed by atoms with Gasteiger partial charge in [0.15, 0.2) is 0 Å². The number of hydrogen-bond donors (Lipinski definition) is 1. The summed E-state index contributed by atoms with van der Waals surface area (Å²) in [4.78, 5) is 25.6. The van der Waals surface area contributed by atoms with E-state index in [2.05, 4.69) is 0 Å². The molecule has 19 heavy (non-hydrogen) atoms. The third kappa shape index (κ3) is 3.69. The van der Waals surface area contributed by atoms with Crippen LogP contribution >= 0.6 is 0 Å². The molecule has 1 atom stereocenters. The molecule has 2 aliphatic rings. The van der Waals surface area contributed by atoms with E-state index in [0.29, 0.717) is 26.2 Å². The molecule has 2 fully saturated rings. The van der Waals surface area contributed by atoms with E-state index >= 15 is 0 Å². The highest BCUT2D eigenvalue weighted by molar-refractivity contribution is 5.85. The third-order valence-corrected chi connectivity index (χ3v) is 4.14. The van der Waals surface area contributed by atoms with Gasteiger partial charge in [0, 0.05) is 25.7 Å². The van der Waals surface area contributed by atoms with E-state index in [1.165, 1.54) is 0 Å². The minimum absolute atomic E-state index is 0.0256. The smallest absolute Gasteiger partial charge is 0.326 e. The lowest BCUT2D eigenvalue weighted by Crippen LogP contribution is -2.49. The van der Waals surface area contributed by atoms with Crippen LogP contribution in [-0.2, 0) is 14.3 Å². The molecule has 0 spiro atoms. The van der Waals surface area contributed by atoms with Crippen LogP contribution in [0, 0.1) is 5.92 Å². The van der Waals surface area contributed by atoms with Gasteiger partial charge in [0.25, 0.3) is 0 Å². The molecule has 5 heteroatoms. The summed E-state index contributed by atoms with van der Waals surface area (Å²) in [6.45, 7) is 1.82. The van der Waals surface area contributed by atoms with Crippen molar-refractivity contribution >= 4 is 11.9 Å². The van der Waals surface area contributed by atoms with E-state index in [1.807, 2.05) is 0 Å². The summed E-state index contributed by atoms with van der Waals surface area (Å²) in [6, 6.07) is -0.629. The first-order chi connectivity index (χ1) is 9.20. The molecule has 2 aliphatic heterocycles. The molecule has 0 bridgehead atoms. The van der Waals surface area contributed by atoms with Crippen molar-refractivity contribution in [3.8, 4) is 0 Å². The maximum absolute atomic E-state index is 12.5. The minimum Gasteiger partial charge on any atom is -0.480 e. The SMILES string of the molecule is O=C(O)C1CCCCCCN1C(=O)C1CCOCC1. The summed E-state index contributed by atoms with van der Waals surface area (Å²) >= 11 is 0. The van der Waals surface area contributed by atoms with Crippen LogP contribution in [0.5, 0.6) is 0 Å². The van der Waals surface area contributed by atoms with Crippen LogP contribution in [0.25, 0.3) is 0 Å². The fraction of sp³-hybridized carbons (Fsp3) is 0.857. The summed E-state index contributed by atoms with van der Waals surface area (Å²) in [7, 11) is 0. The molecule has 1 unspecified atom stereocenters. The lowest BCUT2D eigenvalue weighted by Gasteiger charge is -2.34. The van der Waals surface area contributed by atoms with Crippen molar-refractivity contribution in [1.29, 1.82) is 0 Å². The van der Waals surface area contributed by atoms with Crippen molar-refractivity contribution in [2.24, 2.45) is 5.92 Å². The zero-order chi connectivity index (χ0) is 13.7. The molecule has 1 amide bonds. The summed E-state index contributed by atoms with van der Waals surface area (Å²) in [6.07, 6.45) is 6.01. The van der Waals surface area contributed by atoms with E-state index in [0.717, 1.165) is 38.5 Å². The number of aliphatic carboxylic acids is 1. The van der Waals surface area contributed by atoms with Crippen LogP contribution in [0.3, 0.4) is 0 Å². The number of likely N-dealkylation sites (tertiary alicyclic amines) is 1. The molecule has 0 aromatic carbocycles. The fourth-order valence-corrected chi connectivity index (χ4v) is 2.98. The minimum atomic E-state index is -0.859. The summed E-state index contributed by atoms with van der Waals surface area (Å²) in [5.74, 6) is -0.880. The van der Waals surface area contributed by atoms with E-state index < -0.39 is 12.0 Å². The van der Waals surface area contributed by atoms with Gasteiger partial charge in [-0.1, -0.05) is 19.3 Å². The number of carboxylic acid groups (broad SMARTS) is 1. The molecule has 1 N–H and O–H groups in total. The second kappa shape index (κ2) is 6.89. The maximum Gasteiger partial charge on any atom is 0.326 e. The monoisotopic (exact) mass is 269 g/mol. The molecule has 108 valence electrons. The quantitative estimate of drug-likeness (QED) is 0.828. The largest absolute Gasteiger partial charge is 0.480 e. The Bertz CT molecular complexity index is 325. The molecule has 0 saturated carbocycles. The Balaban J connectivity index is 2.06. The Morgan fingerprint density at radius 3 is 2.37 bits per heavy atom. The van der Waals surface area contributed by atoms with Gasteiger partial charge < -0.3 is 14.7 Å². The molecule has 0 aromatic rings. The van der Waals surface area contributed by atoms with Crippen LogP contribution in [-0.4, -0.2) is 47.7 Å². The van der Waals surface area contributed by atoms with Gasteiger partial charge in [0.05, 0.1) is 0 Å². The van der Waals surface area contributed by atoms with Crippen LogP contribution in [0.2, 0.25) is 0 Å². The molecule has 2 heterocycles. The normalized spacial score (nSPS) is 26.5. The average Bonchev–Trinajstić information content (AvgIpc) is 2.38. The topological polar surface area (TPSA) is 66.8 Å². The first-order valence-corrected chi connectivity index (χ1v) is 7.31. The number of carbonyl (C=O) groups excluding carboxylic acids is 1. The lowest BCUT2D eigenvalue weighted by molar-refractivity contribution is -0.154. The highest BCUT2D eigenvalue weighted by Gasteiger charge is 2.34. The van der Waals surface area contributed by atoms with Crippen molar-refractivity contribution in [3.05, 3.63) is 0 Å². The molecule has 2 rings (SSSR count). The van der Waals surface area contributed by atoms with Gasteiger partial charge in [0.1, 0.15) is 6.04 Å². The Labute approximate surface area is 113 Å². The van der Waals surface area contributed by atoms with E-state index in [9.17, 15) is 14.7 Å². The number of rotatable bonds is 2. The number of carboxylic acids is 1. The van der Waals surface area contributed by atoms with Gasteiger partial charge in [-0.2, -0.15) is 0 Å². The summed E-state index contributed by atoms with van der Waals surface area (Å²) in [5.41, 5.74) is 0. The third-order valence-electron chi connectivity index (χ3n) is 4.14. The first-order valence-electron chi connectivity index (χ1n) is 7.31. The van der Waals surface area contributed by atoms with Gasteiger partial charge in [-0.05, 0) is 25.7 Å². The highest BCUT2D eigenvalue weighted by atomic mass is 16.5. The predicted octanol–water partition coefficient (Wildman–Crippen LogP) is 1.66. The highest BCUT2D eigenvalue weighted by Crippen LogP contribution is 2.23. The van der Waals surface area contributed by atoms with Gasteiger partial charge in [0.2, 0.25) is 5.91 Å². The van der Waals surface area contributed by atoms with Crippen LogP contribution in [0.4, 0.5) is 0 Å². The van der Waals surface area contributed by atoms with Gasteiger partial charge in [-0.3, -0.25) is 4.79 Å². The number of nitrogens with zero attached hydrogens (tertiary/aromatic N) is 1. The van der Waals surface area contributed by atoms with E-state index in [-0.39, 0.29) is 11.8 Å². The molecule has 5 nitrogen and oxygen atoms in total. The molecular weight excluding hydrogens is 246 g/mol. The Morgan fingerprint density at radius 2 is 1.68 bits per heavy atom. The second-order valence-electron chi connectivity index (χ2n) is 5.48. The number of ether oxygens (including phenoxy) is 1. The Kier molecular flexibility index (Phi) is 5.19. The molecular formula is C14H23NO4. The molecule has 0 aromatic heterocycles. The van der Waals surface area contributed by atoms with E-state index in [4.69, 9.17) is 4.74 Å². The number of carbonyl (C=O) groups is 2. The van der Waals surface area contributed by atoms with Crippen molar-refractivity contribution in [3.63, 3.8) is 0 Å². The van der Waals surface area contributed by atoms with Crippen molar-refractivity contribution in [1.82, 2.24) is 4.90 Å². The number of amides is 1. The van der Waals surface area contributed by atoms with E-state index in [1.54, 1.807) is 4.90 Å². The summed E-state index contributed by atoms with van der Waals surface area (Å²) < 4.78 is 5.27. The lowest BCUT2D eigenvalue weighted by atomic mass is 9.95. The van der Waals surface area contributed by atoms with Gasteiger partial charge in [-0.15, -0.1) is 0 Å². The number of hydrogen-bond acceptors (Lipinski definition) is 3. The molecule has 2 saturated heterocycles. The second-order valence-corrected chi connectivity index (χ2v) is 5.48. The van der Waals surface area contributed by atoms with Gasteiger partial charge in [-0.25, -0.2) is 4.79 Å². The first kappa shape index (κ1) is 14.3. The molecule has 0 radical (unpaired) electrons. The zero-order valence-corrected chi connectivity index (χ0v) is 11.3. The summed E-state index contributed by atoms with van der Waals surface area (Å²) in [5, 5.41) is 9.35. The van der Waals surface area contributed by atoms with Crippen molar-refractivity contribution < 1.29 is 19.4 Å². The van der Waals surface area contributed by atoms with Gasteiger partial charge >= 0.3 is 5.97 Å². The standard InChI is InChI=1S/C14H23NO4/c16-13(11-6-9-19-10-7-11)15-8-4-2-1-3-5-12(15)14(17)18/h11-12H,1-10H2,(H,17,18). The van der Waals surface area contributed by atoms with Crippen LogP contribution < -0.4 is 0 Å². The van der Waals surface area contributed by atoms with Crippen LogP contribution in [0.15, 0.2) is 0 Å². The molecule has 0 aliphatic carbocycles. The Hall–Kier alpha value is -1.10. The van der Waals surface area contributed by atoms with Crippen molar-refractivity contribution in [2.45, 2.75) is 51.0 Å². The average molecular weight is 269 g/mol. The zero-order valence-electron chi connectivity index (χ0n) is 11.3. The maximum atomic E-state index is 12.5.